The normalized spacial score (nSPS) is 10.0. The molecule has 2 aromatic carbocycles. The number of para-hydroxylation sites is 1. The first-order chi connectivity index (χ1) is 12.6. The van der Waals surface area contributed by atoms with Gasteiger partial charge in [0.15, 0.2) is 17.4 Å². The van der Waals surface area contributed by atoms with E-state index < -0.39 is 6.03 Å². The van der Waals surface area contributed by atoms with Crippen LogP contribution in [0.2, 0.25) is 0 Å². The van der Waals surface area contributed by atoms with Gasteiger partial charge in [-0.05, 0) is 43.3 Å². The number of amides is 2. The van der Waals surface area contributed by atoms with Crippen molar-refractivity contribution in [2.75, 3.05) is 16.0 Å². The van der Waals surface area contributed by atoms with Crippen LogP contribution in [0.3, 0.4) is 0 Å². The molecule has 0 saturated heterocycles. The zero-order chi connectivity index (χ0) is 18.4. The zero-order valence-corrected chi connectivity index (χ0v) is 14.1. The third-order valence-corrected chi connectivity index (χ3v) is 3.48. The van der Waals surface area contributed by atoms with Gasteiger partial charge in [0.25, 0.3) is 0 Å². The quantitative estimate of drug-likeness (QED) is 0.605. The van der Waals surface area contributed by atoms with Gasteiger partial charge in [0.1, 0.15) is 0 Å². The molecular formula is C19H17N5O2. The van der Waals surface area contributed by atoms with Gasteiger partial charge in [0, 0.05) is 16.9 Å². The van der Waals surface area contributed by atoms with Crippen LogP contribution in [0, 0.1) is 0 Å². The van der Waals surface area contributed by atoms with Crippen LogP contribution in [0.4, 0.5) is 27.8 Å². The predicted octanol–water partition coefficient (Wildman–Crippen LogP) is 4.07. The molecule has 0 aliphatic heterocycles. The lowest BCUT2D eigenvalue weighted by Gasteiger charge is -2.08. The minimum atomic E-state index is -0.402. The number of ketones is 1. The molecule has 26 heavy (non-hydrogen) atoms. The molecule has 0 aliphatic carbocycles. The van der Waals surface area contributed by atoms with Crippen molar-refractivity contribution in [2.45, 2.75) is 6.92 Å². The number of Topliss-reactive ketones (excluding diaryl/α,β-unsaturated/α-hetero) is 1. The average molecular weight is 347 g/mol. The van der Waals surface area contributed by atoms with Crippen LogP contribution >= 0.6 is 0 Å². The number of rotatable bonds is 5. The number of aromatic nitrogens is 2. The number of carbonyl (C=O) groups excluding carboxylic acids is 2. The predicted molar refractivity (Wildman–Crippen MR) is 101 cm³/mol. The fraction of sp³-hybridized carbons (Fsp3) is 0.0526. The molecule has 0 unspecified atom stereocenters. The van der Waals surface area contributed by atoms with Gasteiger partial charge in [0.05, 0.1) is 0 Å². The number of anilines is 4. The number of carbonyl (C=O) groups is 2. The second kappa shape index (κ2) is 7.89. The van der Waals surface area contributed by atoms with Crippen molar-refractivity contribution in [3.8, 4) is 0 Å². The molecule has 0 saturated carbocycles. The Morgan fingerprint density at radius 1 is 0.769 bits per heavy atom. The fourth-order valence-electron chi connectivity index (χ4n) is 2.23. The van der Waals surface area contributed by atoms with Crippen LogP contribution in [0.15, 0.2) is 66.7 Å². The lowest BCUT2D eigenvalue weighted by molar-refractivity contribution is 0.101. The minimum Gasteiger partial charge on any atom is -0.339 e. The molecule has 130 valence electrons. The van der Waals surface area contributed by atoms with Crippen LogP contribution in [0.25, 0.3) is 0 Å². The van der Waals surface area contributed by atoms with Gasteiger partial charge in [0.2, 0.25) is 0 Å². The van der Waals surface area contributed by atoms with Crippen LogP contribution in [0.1, 0.15) is 17.3 Å². The summed E-state index contributed by atoms with van der Waals surface area (Å²) in [5, 5.41) is 16.4. The maximum atomic E-state index is 11.9. The average Bonchev–Trinajstić information content (AvgIpc) is 2.64. The Balaban J connectivity index is 1.60. The van der Waals surface area contributed by atoms with Gasteiger partial charge in [-0.1, -0.05) is 30.3 Å². The summed E-state index contributed by atoms with van der Waals surface area (Å²) in [6.07, 6.45) is 0. The maximum Gasteiger partial charge on any atom is 0.324 e. The van der Waals surface area contributed by atoms with Gasteiger partial charge in [-0.2, -0.15) is 0 Å². The smallest absolute Gasteiger partial charge is 0.324 e. The van der Waals surface area contributed by atoms with Crippen LogP contribution in [-0.4, -0.2) is 22.0 Å². The van der Waals surface area contributed by atoms with Crippen molar-refractivity contribution >= 4 is 34.8 Å². The summed E-state index contributed by atoms with van der Waals surface area (Å²) in [6.45, 7) is 1.51. The summed E-state index contributed by atoms with van der Waals surface area (Å²) in [5.41, 5.74) is 2.02. The van der Waals surface area contributed by atoms with Gasteiger partial charge in [-0.25, -0.2) is 4.79 Å². The molecule has 1 aromatic heterocycles. The molecule has 0 fully saturated rings. The monoisotopic (exact) mass is 347 g/mol. The number of nitrogens with one attached hydrogen (secondary N) is 3. The lowest BCUT2D eigenvalue weighted by Crippen LogP contribution is -2.20. The third-order valence-electron chi connectivity index (χ3n) is 3.48. The first-order valence-corrected chi connectivity index (χ1v) is 7.95. The van der Waals surface area contributed by atoms with Crippen molar-refractivity contribution in [1.82, 2.24) is 10.2 Å². The fourth-order valence-corrected chi connectivity index (χ4v) is 2.23. The molecule has 0 spiro atoms. The molecule has 0 bridgehead atoms. The number of urea groups is 1. The molecule has 7 nitrogen and oxygen atoms in total. The second-order valence-electron chi connectivity index (χ2n) is 5.51. The summed E-state index contributed by atoms with van der Waals surface area (Å²) < 4.78 is 0. The Kier molecular flexibility index (Phi) is 5.19. The summed E-state index contributed by atoms with van der Waals surface area (Å²) in [7, 11) is 0. The van der Waals surface area contributed by atoms with E-state index in [9.17, 15) is 9.59 Å². The molecular weight excluding hydrogens is 330 g/mol. The number of hydrogen-bond donors (Lipinski definition) is 3. The SMILES string of the molecule is CC(=O)c1cccc(Nc2ccc(NC(=O)Nc3ccccc3)nn2)c1. The van der Waals surface area contributed by atoms with Crippen LogP contribution in [-0.2, 0) is 0 Å². The van der Waals surface area contributed by atoms with E-state index >= 15 is 0 Å². The van der Waals surface area contributed by atoms with Crippen molar-refractivity contribution in [2.24, 2.45) is 0 Å². The van der Waals surface area contributed by atoms with Gasteiger partial charge >= 0.3 is 6.03 Å². The Bertz CT molecular complexity index is 911. The maximum absolute atomic E-state index is 11.9. The molecule has 7 heteroatoms. The molecule has 0 atom stereocenters. The number of benzene rings is 2. The first kappa shape index (κ1) is 17.1. The lowest BCUT2D eigenvalue weighted by atomic mass is 10.1. The second-order valence-corrected chi connectivity index (χ2v) is 5.51. The molecule has 3 aromatic rings. The van der Waals surface area contributed by atoms with E-state index in [0.29, 0.717) is 22.9 Å². The highest BCUT2D eigenvalue weighted by Crippen LogP contribution is 2.17. The van der Waals surface area contributed by atoms with Gasteiger partial charge < -0.3 is 10.6 Å². The molecule has 2 amide bonds. The summed E-state index contributed by atoms with van der Waals surface area (Å²) >= 11 is 0. The highest BCUT2D eigenvalue weighted by atomic mass is 16.2. The van der Waals surface area contributed by atoms with E-state index in [4.69, 9.17) is 0 Å². The molecule has 3 rings (SSSR count). The highest BCUT2D eigenvalue weighted by Gasteiger charge is 2.05. The molecule has 0 radical (unpaired) electrons. The first-order valence-electron chi connectivity index (χ1n) is 7.95. The van der Waals surface area contributed by atoms with Crippen molar-refractivity contribution in [3.63, 3.8) is 0 Å². The topological polar surface area (TPSA) is 96.0 Å². The summed E-state index contributed by atoms with van der Waals surface area (Å²) in [4.78, 5) is 23.3. The van der Waals surface area contributed by atoms with Crippen LogP contribution in [0.5, 0.6) is 0 Å². The summed E-state index contributed by atoms with van der Waals surface area (Å²) in [6, 6.07) is 19.1. The zero-order valence-electron chi connectivity index (χ0n) is 14.1. The van der Waals surface area contributed by atoms with Crippen molar-refractivity contribution < 1.29 is 9.59 Å². The largest absolute Gasteiger partial charge is 0.339 e. The van der Waals surface area contributed by atoms with E-state index in [0.717, 1.165) is 5.69 Å². The molecule has 0 aliphatic rings. The van der Waals surface area contributed by atoms with E-state index in [1.807, 2.05) is 24.3 Å². The molecule has 1 heterocycles. The van der Waals surface area contributed by atoms with E-state index in [1.54, 1.807) is 42.5 Å². The Morgan fingerprint density at radius 2 is 1.46 bits per heavy atom. The van der Waals surface area contributed by atoms with Crippen molar-refractivity contribution in [3.05, 3.63) is 72.3 Å². The third kappa shape index (κ3) is 4.64. The Hall–Kier alpha value is -3.74. The highest BCUT2D eigenvalue weighted by molar-refractivity contribution is 5.99. The van der Waals surface area contributed by atoms with E-state index in [-0.39, 0.29) is 5.78 Å². The summed E-state index contributed by atoms with van der Waals surface area (Å²) in [5.74, 6) is 0.810. The molecule has 3 N–H and O–H groups in total. The number of nitrogens with zero attached hydrogens (tertiary/aromatic N) is 2. The number of hydrogen-bond acceptors (Lipinski definition) is 5. The minimum absolute atomic E-state index is 0.0105. The van der Waals surface area contributed by atoms with Crippen LogP contribution < -0.4 is 16.0 Å². The van der Waals surface area contributed by atoms with E-state index in [1.165, 1.54) is 6.92 Å². The van der Waals surface area contributed by atoms with E-state index in [2.05, 4.69) is 26.1 Å². The standard InChI is InChI=1S/C19H17N5O2/c1-13(25)14-6-5-9-16(12-14)20-17-10-11-18(24-23-17)22-19(26)21-15-7-3-2-4-8-15/h2-12H,1H3,(H,20,23)(H2,21,22,24,26). The van der Waals surface area contributed by atoms with Gasteiger partial charge in [-0.3, -0.25) is 10.1 Å². The Morgan fingerprint density at radius 3 is 2.15 bits per heavy atom. The Labute approximate surface area is 150 Å². The van der Waals surface area contributed by atoms with Gasteiger partial charge in [-0.15, -0.1) is 10.2 Å². The van der Waals surface area contributed by atoms with Crippen molar-refractivity contribution in [1.29, 1.82) is 0 Å².